The van der Waals surface area contributed by atoms with Crippen LogP contribution in [0.25, 0.3) is 10.2 Å². The maximum absolute atomic E-state index is 12.5. The number of thiazole rings is 1. The molecule has 1 amide bonds. The maximum atomic E-state index is 12.5. The van der Waals surface area contributed by atoms with Gasteiger partial charge in [0.05, 0.1) is 34.1 Å². The van der Waals surface area contributed by atoms with Crippen LogP contribution in [0, 0.1) is 11.3 Å². The van der Waals surface area contributed by atoms with E-state index in [1.54, 1.807) is 23.5 Å². The molecule has 0 atom stereocenters. The number of benzene rings is 2. The molecule has 0 fully saturated rings. The second kappa shape index (κ2) is 9.62. The van der Waals surface area contributed by atoms with Gasteiger partial charge in [-0.1, -0.05) is 30.3 Å². The lowest BCUT2D eigenvalue weighted by Gasteiger charge is -2.21. The van der Waals surface area contributed by atoms with E-state index >= 15 is 0 Å². The monoisotopic (exact) mass is 393 g/mol. The van der Waals surface area contributed by atoms with Gasteiger partial charge in [-0.2, -0.15) is 5.26 Å². The Bertz CT molecular complexity index is 962. The molecule has 1 aromatic heterocycles. The topological polar surface area (TPSA) is 83.3 Å². The van der Waals surface area contributed by atoms with E-state index < -0.39 is 5.97 Å². The van der Waals surface area contributed by atoms with Crippen molar-refractivity contribution in [3.63, 3.8) is 0 Å². The van der Waals surface area contributed by atoms with Crippen molar-refractivity contribution in [2.24, 2.45) is 0 Å². The fourth-order valence-electron chi connectivity index (χ4n) is 2.70. The van der Waals surface area contributed by atoms with Gasteiger partial charge in [-0.25, -0.2) is 4.98 Å². The van der Waals surface area contributed by atoms with Gasteiger partial charge in [-0.05, 0) is 24.3 Å². The molecule has 28 heavy (non-hydrogen) atoms. The van der Waals surface area contributed by atoms with E-state index in [9.17, 15) is 9.59 Å². The quantitative estimate of drug-likeness (QED) is 0.545. The van der Waals surface area contributed by atoms with Crippen molar-refractivity contribution < 1.29 is 14.3 Å². The highest BCUT2D eigenvalue weighted by atomic mass is 32.1. The summed E-state index contributed by atoms with van der Waals surface area (Å²) in [5, 5.41) is 9.68. The Hall–Kier alpha value is -3.24. The maximum Gasteiger partial charge on any atom is 0.306 e. The third-order valence-electron chi connectivity index (χ3n) is 4.05. The van der Waals surface area contributed by atoms with Crippen molar-refractivity contribution in [3.05, 3.63) is 59.6 Å². The first kappa shape index (κ1) is 19.5. The predicted octanol–water partition coefficient (Wildman–Crippen LogP) is 3.72. The number of esters is 1. The van der Waals surface area contributed by atoms with E-state index in [1.807, 2.05) is 48.5 Å². The summed E-state index contributed by atoms with van der Waals surface area (Å²) < 4.78 is 6.23. The van der Waals surface area contributed by atoms with E-state index in [1.165, 1.54) is 4.90 Å². The van der Waals surface area contributed by atoms with Gasteiger partial charge in [0, 0.05) is 18.7 Å². The zero-order chi connectivity index (χ0) is 19.8. The predicted molar refractivity (Wildman–Crippen MR) is 108 cm³/mol. The van der Waals surface area contributed by atoms with Gasteiger partial charge in [0.25, 0.3) is 5.91 Å². The molecule has 0 aliphatic carbocycles. The normalized spacial score (nSPS) is 10.4. The molecule has 0 spiro atoms. The number of nitriles is 1. The highest BCUT2D eigenvalue weighted by Crippen LogP contribution is 2.22. The van der Waals surface area contributed by atoms with Crippen molar-refractivity contribution in [2.45, 2.75) is 19.3 Å². The number of para-hydroxylation sites is 2. The van der Waals surface area contributed by atoms with Crippen molar-refractivity contribution in [1.29, 1.82) is 5.26 Å². The third kappa shape index (κ3) is 5.15. The Labute approximate surface area is 167 Å². The lowest BCUT2D eigenvalue weighted by molar-refractivity contribution is -0.147. The summed E-state index contributed by atoms with van der Waals surface area (Å²) in [7, 11) is 0. The fraction of sp³-hybridized carbons (Fsp3) is 0.238. The molecule has 2 aromatic carbocycles. The number of carbonyl (C=O) groups is 2. The Morgan fingerprint density at radius 2 is 1.86 bits per heavy atom. The van der Waals surface area contributed by atoms with Crippen LogP contribution in [0.15, 0.2) is 54.6 Å². The van der Waals surface area contributed by atoms with E-state index in [-0.39, 0.29) is 31.9 Å². The molecule has 0 bridgehead atoms. The first-order chi connectivity index (χ1) is 13.7. The third-order valence-corrected chi connectivity index (χ3v) is 5.15. The zero-order valence-corrected chi connectivity index (χ0v) is 16.0. The number of hydrogen-bond acceptors (Lipinski definition) is 6. The summed E-state index contributed by atoms with van der Waals surface area (Å²) in [5.41, 5.74) is 1.59. The Balaban J connectivity index is 1.52. The van der Waals surface area contributed by atoms with Crippen LogP contribution in [-0.4, -0.2) is 30.0 Å². The standard InChI is InChI=1S/C21H19N3O3S/c22-13-6-14-24(16-7-2-1-3-8-16)20(25)15-27-21(26)12-11-19-23-17-9-4-5-10-18(17)28-19/h1-5,7-10H,6,11-12,14-15H2. The number of ether oxygens (including phenoxy) is 1. The molecule has 3 rings (SSSR count). The van der Waals surface area contributed by atoms with Gasteiger partial charge in [0.2, 0.25) is 0 Å². The Morgan fingerprint density at radius 1 is 1.11 bits per heavy atom. The summed E-state index contributed by atoms with van der Waals surface area (Å²) >= 11 is 1.55. The molecule has 0 aliphatic rings. The van der Waals surface area contributed by atoms with Gasteiger partial charge in [-0.3, -0.25) is 9.59 Å². The van der Waals surface area contributed by atoms with Crippen LogP contribution in [0.4, 0.5) is 5.69 Å². The van der Waals surface area contributed by atoms with Crippen LogP contribution in [-0.2, 0) is 20.7 Å². The van der Waals surface area contributed by atoms with E-state index in [4.69, 9.17) is 10.00 Å². The molecule has 0 aliphatic heterocycles. The van der Waals surface area contributed by atoms with Crippen molar-refractivity contribution >= 4 is 39.1 Å². The summed E-state index contributed by atoms with van der Waals surface area (Å²) in [6.07, 6.45) is 0.839. The molecule has 142 valence electrons. The summed E-state index contributed by atoms with van der Waals surface area (Å²) in [6, 6.07) is 18.9. The molecule has 0 unspecified atom stereocenters. The molecule has 0 saturated heterocycles. The average Bonchev–Trinajstić information content (AvgIpc) is 3.15. The van der Waals surface area contributed by atoms with Gasteiger partial charge >= 0.3 is 5.97 Å². The summed E-state index contributed by atoms with van der Waals surface area (Å²) in [6.45, 7) is -0.0956. The van der Waals surface area contributed by atoms with Crippen LogP contribution in [0.5, 0.6) is 0 Å². The Kier molecular flexibility index (Phi) is 6.71. The number of anilines is 1. The van der Waals surface area contributed by atoms with Crippen LogP contribution >= 0.6 is 11.3 Å². The van der Waals surface area contributed by atoms with Crippen molar-refractivity contribution in [3.8, 4) is 6.07 Å². The fourth-order valence-corrected chi connectivity index (χ4v) is 3.66. The Morgan fingerprint density at radius 3 is 2.61 bits per heavy atom. The smallest absolute Gasteiger partial charge is 0.306 e. The average molecular weight is 393 g/mol. The number of carbonyl (C=O) groups excluding carboxylic acids is 2. The van der Waals surface area contributed by atoms with Crippen molar-refractivity contribution in [2.75, 3.05) is 18.1 Å². The molecule has 7 heteroatoms. The minimum atomic E-state index is -0.444. The summed E-state index contributed by atoms with van der Waals surface area (Å²) in [4.78, 5) is 30.5. The lowest BCUT2D eigenvalue weighted by atomic mass is 10.2. The second-order valence-corrected chi connectivity index (χ2v) is 7.14. The van der Waals surface area contributed by atoms with Crippen LogP contribution < -0.4 is 4.90 Å². The highest BCUT2D eigenvalue weighted by Gasteiger charge is 2.17. The van der Waals surface area contributed by atoms with Crippen LogP contribution in [0.3, 0.4) is 0 Å². The number of rotatable bonds is 8. The van der Waals surface area contributed by atoms with Crippen molar-refractivity contribution in [1.82, 2.24) is 4.98 Å². The number of aryl methyl sites for hydroxylation is 1. The SMILES string of the molecule is N#CCCN(C(=O)COC(=O)CCc1nc2ccccc2s1)c1ccccc1. The first-order valence-electron chi connectivity index (χ1n) is 8.90. The summed E-state index contributed by atoms with van der Waals surface area (Å²) in [5.74, 6) is -0.796. The largest absolute Gasteiger partial charge is 0.456 e. The van der Waals surface area contributed by atoms with Gasteiger partial charge in [0.1, 0.15) is 0 Å². The molecule has 0 saturated carbocycles. The number of aromatic nitrogens is 1. The highest BCUT2D eigenvalue weighted by molar-refractivity contribution is 7.18. The minimum absolute atomic E-state index is 0.163. The first-order valence-corrected chi connectivity index (χ1v) is 9.71. The van der Waals surface area contributed by atoms with Gasteiger partial charge in [0.15, 0.2) is 6.61 Å². The van der Waals surface area contributed by atoms with Gasteiger partial charge in [-0.15, -0.1) is 11.3 Å². The molecular weight excluding hydrogens is 374 g/mol. The van der Waals surface area contributed by atoms with E-state index in [2.05, 4.69) is 4.98 Å². The van der Waals surface area contributed by atoms with Gasteiger partial charge < -0.3 is 9.64 Å². The number of hydrogen-bond donors (Lipinski definition) is 0. The molecule has 6 nitrogen and oxygen atoms in total. The van der Waals surface area contributed by atoms with Crippen LogP contribution in [0.1, 0.15) is 17.8 Å². The molecule has 0 N–H and O–H groups in total. The lowest BCUT2D eigenvalue weighted by Crippen LogP contribution is -2.35. The molecule has 3 aromatic rings. The molecular formula is C21H19N3O3S. The zero-order valence-electron chi connectivity index (χ0n) is 15.2. The number of fused-ring (bicyclic) bond motifs is 1. The molecule has 0 radical (unpaired) electrons. The number of amides is 1. The minimum Gasteiger partial charge on any atom is -0.456 e. The number of nitrogens with zero attached hydrogens (tertiary/aromatic N) is 3. The van der Waals surface area contributed by atoms with Crippen LogP contribution in [0.2, 0.25) is 0 Å². The van der Waals surface area contributed by atoms with E-state index in [0.29, 0.717) is 12.1 Å². The molecule has 1 heterocycles. The van der Waals surface area contributed by atoms with E-state index in [0.717, 1.165) is 15.2 Å². The second-order valence-electron chi connectivity index (χ2n) is 6.03.